The van der Waals surface area contributed by atoms with E-state index < -0.39 is 24.0 Å². The molecule has 0 aliphatic carbocycles. The van der Waals surface area contributed by atoms with Gasteiger partial charge in [0.25, 0.3) is 0 Å². The number of carbonyl (C=O) groups excluding carboxylic acids is 1. The highest BCUT2D eigenvalue weighted by Gasteiger charge is 2.47. The number of esters is 1. The molecule has 0 rings (SSSR count). The Balaban J connectivity index is 4.53. The van der Waals surface area contributed by atoms with E-state index in [0.29, 0.717) is 0 Å². The minimum Gasteiger partial charge on any atom is -0.478 e. The summed E-state index contributed by atoms with van der Waals surface area (Å²) in [6, 6.07) is 0. The Morgan fingerprint density at radius 1 is 1.53 bits per heavy atom. The van der Waals surface area contributed by atoms with Gasteiger partial charge in [-0.2, -0.15) is 0 Å². The lowest BCUT2D eigenvalue weighted by atomic mass is 10.0. The first-order chi connectivity index (χ1) is 6.99. The van der Waals surface area contributed by atoms with Crippen molar-refractivity contribution in [1.29, 1.82) is 0 Å². The van der Waals surface area contributed by atoms with E-state index in [0.717, 1.165) is 0 Å². The first kappa shape index (κ1) is 13.4. The lowest BCUT2D eigenvalue weighted by Crippen LogP contribution is -2.43. The fourth-order valence-electron chi connectivity index (χ4n) is 0.929. The summed E-state index contributed by atoms with van der Waals surface area (Å²) in [5.41, 5.74) is -2.95. The molecule has 0 spiro atoms. The van der Waals surface area contributed by atoms with Gasteiger partial charge in [-0.3, -0.25) is 0 Å². The van der Waals surface area contributed by atoms with Crippen LogP contribution in [-0.2, 0) is 14.3 Å². The lowest BCUT2D eigenvalue weighted by molar-refractivity contribution is -0.170. The average molecular weight is 216 g/mol. The third kappa shape index (κ3) is 3.58. The molecule has 1 N–H and O–H groups in total. The third-order valence-electron chi connectivity index (χ3n) is 1.71. The van der Waals surface area contributed by atoms with Crippen LogP contribution in [0.15, 0.2) is 0 Å². The molecule has 0 heterocycles. The zero-order valence-electron chi connectivity index (χ0n) is 8.67. The van der Waals surface area contributed by atoms with Crippen molar-refractivity contribution in [2.45, 2.75) is 32.4 Å². The summed E-state index contributed by atoms with van der Waals surface area (Å²) in [4.78, 5) is 21.7. The lowest BCUT2D eigenvalue weighted by Gasteiger charge is -2.17. The molecular formula is C10H13FO4. The van der Waals surface area contributed by atoms with Gasteiger partial charge in [-0.1, -0.05) is 19.3 Å². The van der Waals surface area contributed by atoms with Crippen LogP contribution in [0.5, 0.6) is 0 Å². The number of hydrogen-bond donors (Lipinski definition) is 1. The van der Waals surface area contributed by atoms with Crippen LogP contribution in [0.25, 0.3) is 0 Å². The van der Waals surface area contributed by atoms with E-state index >= 15 is 0 Å². The van der Waals surface area contributed by atoms with Crippen molar-refractivity contribution in [3.63, 3.8) is 0 Å². The molecule has 0 fully saturated rings. The number of carboxylic acids is 1. The molecule has 0 aromatic heterocycles. The Labute approximate surface area is 87.4 Å². The molecule has 0 radical (unpaired) electrons. The number of ether oxygens (including phenoxy) is 1. The number of hydrogen-bond acceptors (Lipinski definition) is 3. The van der Waals surface area contributed by atoms with Gasteiger partial charge in [0.15, 0.2) is 6.61 Å². The van der Waals surface area contributed by atoms with Crippen LogP contribution >= 0.6 is 0 Å². The quantitative estimate of drug-likeness (QED) is 0.425. The van der Waals surface area contributed by atoms with Gasteiger partial charge < -0.3 is 9.84 Å². The summed E-state index contributed by atoms with van der Waals surface area (Å²) in [6.45, 7) is 2.81. The second-order valence-electron chi connectivity index (χ2n) is 2.86. The Bertz CT molecular complexity index is 302. The van der Waals surface area contributed by atoms with Crippen molar-refractivity contribution >= 4 is 11.9 Å². The molecule has 1 unspecified atom stereocenters. The molecule has 0 saturated heterocycles. The second kappa shape index (κ2) is 6.02. The topological polar surface area (TPSA) is 63.6 Å². The zero-order chi connectivity index (χ0) is 11.9. The summed E-state index contributed by atoms with van der Waals surface area (Å²) < 4.78 is 18.0. The number of carboxylic acid groups (broad SMARTS) is 1. The predicted octanol–water partition coefficient (Wildman–Crippen LogP) is 1.15. The fourth-order valence-corrected chi connectivity index (χ4v) is 0.929. The molecule has 0 saturated carbocycles. The van der Waals surface area contributed by atoms with E-state index in [1.54, 1.807) is 6.92 Å². The summed E-state index contributed by atoms with van der Waals surface area (Å²) in [6.07, 6.45) is -0.169. The number of carbonyl (C=O) groups is 2. The Hall–Kier alpha value is -1.57. The summed E-state index contributed by atoms with van der Waals surface area (Å²) >= 11 is 0. The molecule has 5 heteroatoms. The minimum atomic E-state index is -2.95. The van der Waals surface area contributed by atoms with Gasteiger partial charge in [0, 0.05) is 6.42 Å². The maximum atomic E-state index is 13.6. The molecule has 0 aromatic rings. The van der Waals surface area contributed by atoms with E-state index in [9.17, 15) is 14.0 Å². The number of aliphatic carboxylic acids is 1. The van der Waals surface area contributed by atoms with Gasteiger partial charge in [-0.15, -0.1) is 5.92 Å². The SMILES string of the molecule is CC#CCOC(=O)C(F)(CCC)C(=O)O. The Morgan fingerprint density at radius 2 is 2.13 bits per heavy atom. The average Bonchev–Trinajstić information content (AvgIpc) is 2.18. The Morgan fingerprint density at radius 3 is 2.53 bits per heavy atom. The normalized spacial score (nSPS) is 13.3. The van der Waals surface area contributed by atoms with E-state index in [1.807, 2.05) is 0 Å². The van der Waals surface area contributed by atoms with Crippen LogP contribution < -0.4 is 0 Å². The first-order valence-corrected chi connectivity index (χ1v) is 4.48. The largest absolute Gasteiger partial charge is 0.478 e. The van der Waals surface area contributed by atoms with Gasteiger partial charge in [0.05, 0.1) is 0 Å². The van der Waals surface area contributed by atoms with E-state index in [2.05, 4.69) is 16.6 Å². The maximum Gasteiger partial charge on any atom is 0.356 e. The van der Waals surface area contributed by atoms with Crippen LogP contribution in [0.3, 0.4) is 0 Å². The van der Waals surface area contributed by atoms with Crippen LogP contribution in [0.1, 0.15) is 26.7 Å². The van der Waals surface area contributed by atoms with Crippen LogP contribution in [0.2, 0.25) is 0 Å². The highest BCUT2D eigenvalue weighted by atomic mass is 19.1. The maximum absolute atomic E-state index is 13.6. The van der Waals surface area contributed by atoms with Crippen molar-refractivity contribution < 1.29 is 23.8 Å². The zero-order valence-corrected chi connectivity index (χ0v) is 8.67. The number of alkyl halides is 1. The molecule has 0 amide bonds. The van der Waals surface area contributed by atoms with Crippen molar-refractivity contribution in [1.82, 2.24) is 0 Å². The molecular weight excluding hydrogens is 203 g/mol. The van der Waals surface area contributed by atoms with E-state index in [-0.39, 0.29) is 13.0 Å². The van der Waals surface area contributed by atoms with Gasteiger partial charge >= 0.3 is 17.6 Å². The minimum absolute atomic E-state index is 0.233. The van der Waals surface area contributed by atoms with Crippen molar-refractivity contribution in [3.05, 3.63) is 0 Å². The molecule has 4 nitrogen and oxygen atoms in total. The molecule has 0 aromatic carbocycles. The summed E-state index contributed by atoms with van der Waals surface area (Å²) in [7, 11) is 0. The van der Waals surface area contributed by atoms with Gasteiger partial charge in [0.2, 0.25) is 0 Å². The Kier molecular flexibility index (Phi) is 5.39. The predicted molar refractivity (Wildman–Crippen MR) is 50.8 cm³/mol. The molecule has 84 valence electrons. The summed E-state index contributed by atoms with van der Waals surface area (Å²) in [5, 5.41) is 8.58. The van der Waals surface area contributed by atoms with E-state index in [4.69, 9.17) is 5.11 Å². The standard InChI is InChI=1S/C10H13FO4/c1-3-5-7-15-9(14)10(11,6-4-2)8(12)13/h4,6-7H2,1-2H3,(H,12,13). The highest BCUT2D eigenvalue weighted by Crippen LogP contribution is 2.20. The van der Waals surface area contributed by atoms with Gasteiger partial charge in [0.1, 0.15) is 0 Å². The smallest absolute Gasteiger partial charge is 0.356 e. The monoisotopic (exact) mass is 216 g/mol. The van der Waals surface area contributed by atoms with Crippen LogP contribution in [0, 0.1) is 11.8 Å². The van der Waals surface area contributed by atoms with Crippen LogP contribution in [0.4, 0.5) is 4.39 Å². The fraction of sp³-hybridized carbons (Fsp3) is 0.600. The van der Waals surface area contributed by atoms with Crippen molar-refractivity contribution in [3.8, 4) is 11.8 Å². The summed E-state index contributed by atoms with van der Waals surface area (Å²) in [5.74, 6) is 1.61. The first-order valence-electron chi connectivity index (χ1n) is 4.48. The van der Waals surface area contributed by atoms with E-state index in [1.165, 1.54) is 6.92 Å². The molecule has 0 bridgehead atoms. The molecule has 0 aliphatic heterocycles. The third-order valence-corrected chi connectivity index (χ3v) is 1.71. The molecule has 0 aliphatic rings. The van der Waals surface area contributed by atoms with Crippen molar-refractivity contribution in [2.24, 2.45) is 0 Å². The van der Waals surface area contributed by atoms with Crippen molar-refractivity contribution in [2.75, 3.05) is 6.61 Å². The highest BCUT2D eigenvalue weighted by molar-refractivity contribution is 6.02. The number of rotatable bonds is 5. The molecule has 15 heavy (non-hydrogen) atoms. The number of halogens is 1. The van der Waals surface area contributed by atoms with Crippen LogP contribution in [-0.4, -0.2) is 29.3 Å². The van der Waals surface area contributed by atoms with Gasteiger partial charge in [-0.05, 0) is 6.92 Å². The second-order valence-corrected chi connectivity index (χ2v) is 2.86. The molecule has 1 atom stereocenters. The van der Waals surface area contributed by atoms with Gasteiger partial charge in [-0.25, -0.2) is 14.0 Å².